The van der Waals surface area contributed by atoms with E-state index in [1.807, 2.05) is 13.8 Å². The second-order valence-corrected chi connectivity index (χ2v) is 6.57. The third-order valence-corrected chi connectivity index (χ3v) is 4.69. The van der Waals surface area contributed by atoms with Crippen molar-refractivity contribution in [3.63, 3.8) is 0 Å². The summed E-state index contributed by atoms with van der Waals surface area (Å²) in [5.41, 5.74) is 4.91. The van der Waals surface area contributed by atoms with Gasteiger partial charge in [0, 0.05) is 24.6 Å². The van der Waals surface area contributed by atoms with Crippen LogP contribution in [0.5, 0.6) is 0 Å². The Labute approximate surface area is 128 Å². The Morgan fingerprint density at radius 3 is 2.71 bits per heavy atom. The molecule has 7 nitrogen and oxygen atoms in total. The maximum Gasteiger partial charge on any atom is 0.242 e. The summed E-state index contributed by atoms with van der Waals surface area (Å²) in [4.78, 5) is 47.1. The molecule has 1 saturated heterocycles. The maximum absolute atomic E-state index is 12.1. The van der Waals surface area contributed by atoms with Crippen LogP contribution in [-0.4, -0.2) is 52.1 Å². The van der Waals surface area contributed by atoms with Crippen LogP contribution in [-0.2, 0) is 19.2 Å². The summed E-state index contributed by atoms with van der Waals surface area (Å²) < 4.78 is 0. The molecular formula is C13H21N3O4S. The van der Waals surface area contributed by atoms with E-state index in [9.17, 15) is 19.2 Å². The van der Waals surface area contributed by atoms with E-state index in [-0.39, 0.29) is 43.0 Å². The fraction of sp³-hybridized carbons (Fsp3) is 0.692. The smallest absolute Gasteiger partial charge is 0.242 e. The topological polar surface area (TPSA) is 110 Å². The van der Waals surface area contributed by atoms with Crippen LogP contribution >= 0.6 is 11.8 Å². The van der Waals surface area contributed by atoms with Crippen molar-refractivity contribution in [2.75, 3.05) is 13.1 Å². The molecule has 1 aliphatic heterocycles. The number of imide groups is 1. The molecule has 1 fully saturated rings. The highest BCUT2D eigenvalue weighted by Crippen LogP contribution is 2.29. The molecule has 1 rings (SSSR count). The molecule has 0 saturated carbocycles. The van der Waals surface area contributed by atoms with E-state index in [1.54, 1.807) is 0 Å². The number of hydrogen-bond acceptors (Lipinski definition) is 5. The maximum atomic E-state index is 12.1. The van der Waals surface area contributed by atoms with Gasteiger partial charge < -0.3 is 11.1 Å². The quantitative estimate of drug-likeness (QED) is 0.594. The van der Waals surface area contributed by atoms with Crippen molar-refractivity contribution in [1.29, 1.82) is 0 Å². The Kier molecular flexibility index (Phi) is 6.67. The van der Waals surface area contributed by atoms with Crippen molar-refractivity contribution in [3.05, 3.63) is 0 Å². The summed E-state index contributed by atoms with van der Waals surface area (Å²) in [7, 11) is 0. The summed E-state index contributed by atoms with van der Waals surface area (Å²) in [6, 6.07) is 0. The second-order valence-electron chi connectivity index (χ2n) is 4.92. The average molecular weight is 315 g/mol. The number of nitrogens with one attached hydrogen (secondary N) is 1. The van der Waals surface area contributed by atoms with E-state index in [4.69, 9.17) is 5.73 Å². The van der Waals surface area contributed by atoms with Gasteiger partial charge in [-0.3, -0.25) is 24.1 Å². The van der Waals surface area contributed by atoms with Gasteiger partial charge in [0.1, 0.15) is 0 Å². The molecule has 21 heavy (non-hydrogen) atoms. The van der Waals surface area contributed by atoms with E-state index in [1.165, 1.54) is 11.8 Å². The van der Waals surface area contributed by atoms with E-state index in [0.717, 1.165) is 11.3 Å². The molecule has 0 aromatic carbocycles. The second kappa shape index (κ2) is 8.02. The zero-order valence-electron chi connectivity index (χ0n) is 12.3. The molecule has 1 heterocycles. The predicted octanol–water partition coefficient (Wildman–Crippen LogP) is -0.363. The van der Waals surface area contributed by atoms with Crippen LogP contribution in [0.15, 0.2) is 0 Å². The lowest BCUT2D eigenvalue weighted by Crippen LogP contribution is -2.38. The van der Waals surface area contributed by atoms with Crippen LogP contribution in [0.3, 0.4) is 0 Å². The molecule has 4 amide bonds. The summed E-state index contributed by atoms with van der Waals surface area (Å²) in [6.45, 7) is 3.84. The summed E-state index contributed by atoms with van der Waals surface area (Å²) in [6.07, 6.45) is 1.10. The van der Waals surface area contributed by atoms with Crippen molar-refractivity contribution in [3.8, 4) is 0 Å². The molecule has 118 valence electrons. The number of likely N-dealkylation sites (tertiary alicyclic amines) is 1. The van der Waals surface area contributed by atoms with Gasteiger partial charge in [-0.05, 0) is 6.42 Å². The third kappa shape index (κ3) is 5.37. The Bertz CT molecular complexity index is 441. The van der Waals surface area contributed by atoms with Gasteiger partial charge in [-0.2, -0.15) is 0 Å². The van der Waals surface area contributed by atoms with Gasteiger partial charge >= 0.3 is 0 Å². The van der Waals surface area contributed by atoms with Crippen molar-refractivity contribution in [2.45, 2.75) is 43.6 Å². The molecule has 8 heteroatoms. The average Bonchev–Trinajstić information content (AvgIpc) is 2.68. The van der Waals surface area contributed by atoms with E-state index < -0.39 is 11.8 Å². The van der Waals surface area contributed by atoms with E-state index in [2.05, 4.69) is 5.32 Å². The Morgan fingerprint density at radius 1 is 1.48 bits per heavy atom. The Hall–Kier alpha value is -1.57. The highest BCUT2D eigenvalue weighted by atomic mass is 32.2. The number of primary amides is 1. The molecule has 0 radical (unpaired) electrons. The number of rotatable bonds is 8. The van der Waals surface area contributed by atoms with Crippen LogP contribution in [0.25, 0.3) is 0 Å². The first-order valence-corrected chi connectivity index (χ1v) is 7.84. The summed E-state index contributed by atoms with van der Waals surface area (Å²) in [5, 5.41) is 2.28. The van der Waals surface area contributed by atoms with Gasteiger partial charge in [-0.15, -0.1) is 11.8 Å². The van der Waals surface area contributed by atoms with Crippen molar-refractivity contribution < 1.29 is 19.2 Å². The van der Waals surface area contributed by atoms with Gasteiger partial charge in [0.2, 0.25) is 23.6 Å². The van der Waals surface area contributed by atoms with Gasteiger partial charge in [0.05, 0.1) is 11.8 Å². The highest BCUT2D eigenvalue weighted by Gasteiger charge is 2.39. The monoisotopic (exact) mass is 315 g/mol. The zero-order valence-corrected chi connectivity index (χ0v) is 13.1. The minimum Gasteiger partial charge on any atom is -0.368 e. The van der Waals surface area contributed by atoms with Gasteiger partial charge in [-0.25, -0.2) is 0 Å². The van der Waals surface area contributed by atoms with Crippen molar-refractivity contribution in [2.24, 2.45) is 5.73 Å². The normalized spacial score (nSPS) is 19.7. The molecule has 2 atom stereocenters. The number of carbonyl (C=O) groups is 4. The first-order chi connectivity index (χ1) is 9.85. The van der Waals surface area contributed by atoms with Crippen LogP contribution in [0.1, 0.15) is 33.1 Å². The zero-order chi connectivity index (χ0) is 16.0. The molecule has 3 N–H and O–H groups in total. The van der Waals surface area contributed by atoms with Crippen LogP contribution in [0.2, 0.25) is 0 Å². The molecule has 0 aromatic rings. The van der Waals surface area contributed by atoms with Crippen LogP contribution in [0, 0.1) is 0 Å². The third-order valence-electron chi connectivity index (χ3n) is 3.20. The van der Waals surface area contributed by atoms with Crippen molar-refractivity contribution >= 4 is 35.4 Å². The molecule has 0 aliphatic carbocycles. The SMILES string of the molecule is CCC(C)SC1CC(=O)N(CCC(=O)NCC(N)=O)C1=O. The molecule has 0 spiro atoms. The number of amides is 4. The van der Waals surface area contributed by atoms with Crippen LogP contribution < -0.4 is 11.1 Å². The fourth-order valence-corrected chi connectivity index (χ4v) is 3.09. The summed E-state index contributed by atoms with van der Waals surface area (Å²) in [5.74, 6) is -1.52. The number of hydrogen-bond donors (Lipinski definition) is 2. The van der Waals surface area contributed by atoms with E-state index >= 15 is 0 Å². The van der Waals surface area contributed by atoms with Crippen molar-refractivity contribution in [1.82, 2.24) is 10.2 Å². The minimum absolute atomic E-state index is 0.0223. The first kappa shape index (κ1) is 17.5. The van der Waals surface area contributed by atoms with Gasteiger partial charge in [-0.1, -0.05) is 13.8 Å². The minimum atomic E-state index is -0.637. The number of thioether (sulfide) groups is 1. The largest absolute Gasteiger partial charge is 0.368 e. The standard InChI is InChI=1S/C13H21N3O4S/c1-3-8(2)21-9-6-12(19)16(13(9)20)5-4-11(18)15-7-10(14)17/h8-9H,3-7H2,1-2H3,(H2,14,17)(H,15,18). The summed E-state index contributed by atoms with van der Waals surface area (Å²) >= 11 is 1.50. The fourth-order valence-electron chi connectivity index (χ4n) is 1.86. The number of carbonyl (C=O) groups excluding carboxylic acids is 4. The predicted molar refractivity (Wildman–Crippen MR) is 79.3 cm³/mol. The Morgan fingerprint density at radius 2 is 2.14 bits per heavy atom. The van der Waals surface area contributed by atoms with Gasteiger partial charge in [0.25, 0.3) is 0 Å². The molecule has 0 aromatic heterocycles. The number of nitrogens with two attached hydrogens (primary N) is 1. The first-order valence-electron chi connectivity index (χ1n) is 6.89. The lowest BCUT2D eigenvalue weighted by molar-refractivity contribution is -0.138. The molecule has 1 aliphatic rings. The lowest BCUT2D eigenvalue weighted by Gasteiger charge is -2.16. The Balaban J connectivity index is 2.45. The lowest BCUT2D eigenvalue weighted by atomic mass is 10.3. The number of nitrogens with zero attached hydrogens (tertiary/aromatic N) is 1. The van der Waals surface area contributed by atoms with Gasteiger partial charge in [0.15, 0.2) is 0 Å². The van der Waals surface area contributed by atoms with Crippen LogP contribution in [0.4, 0.5) is 0 Å². The highest BCUT2D eigenvalue weighted by molar-refractivity contribution is 8.01. The molecule has 2 unspecified atom stereocenters. The molecule has 0 bridgehead atoms. The molecular weight excluding hydrogens is 294 g/mol. The van der Waals surface area contributed by atoms with E-state index in [0.29, 0.717) is 5.25 Å².